The lowest BCUT2D eigenvalue weighted by Gasteiger charge is -2.21. The van der Waals surface area contributed by atoms with E-state index in [1.165, 1.54) is 0 Å². The van der Waals surface area contributed by atoms with Crippen LogP contribution >= 0.6 is 0 Å². The van der Waals surface area contributed by atoms with Crippen LogP contribution in [0.4, 0.5) is 5.69 Å². The van der Waals surface area contributed by atoms with E-state index < -0.39 is 24.5 Å². The fourth-order valence-corrected chi connectivity index (χ4v) is 2.63. The number of carbonyl (C=O) groups excluding carboxylic acids is 3. The van der Waals surface area contributed by atoms with Crippen LogP contribution < -0.4 is 10.6 Å². The van der Waals surface area contributed by atoms with E-state index in [0.717, 1.165) is 11.1 Å². The molecule has 2 N–H and O–H groups in total. The number of amides is 2. The van der Waals surface area contributed by atoms with Crippen LogP contribution in [0.2, 0.25) is 0 Å². The van der Waals surface area contributed by atoms with Crippen LogP contribution in [0.15, 0.2) is 54.6 Å². The number of anilines is 1. The van der Waals surface area contributed by atoms with Gasteiger partial charge in [0, 0.05) is 5.69 Å². The average Bonchev–Trinajstić information content (AvgIpc) is 2.66. The number of rotatable bonds is 8. The Morgan fingerprint density at radius 3 is 2.21 bits per heavy atom. The van der Waals surface area contributed by atoms with Crippen molar-refractivity contribution in [2.75, 3.05) is 11.9 Å². The number of hydrogen-bond donors (Lipinski definition) is 2. The van der Waals surface area contributed by atoms with Crippen molar-refractivity contribution in [1.82, 2.24) is 5.32 Å². The van der Waals surface area contributed by atoms with Crippen LogP contribution in [0.3, 0.4) is 0 Å². The number of ether oxygens (including phenoxy) is 1. The molecule has 148 valence electrons. The minimum absolute atomic E-state index is 0.172. The van der Waals surface area contributed by atoms with Crippen LogP contribution in [0.25, 0.3) is 0 Å². The van der Waals surface area contributed by atoms with E-state index in [1.54, 1.807) is 6.07 Å². The van der Waals surface area contributed by atoms with Gasteiger partial charge in [0.05, 0.1) is 6.42 Å². The third-order valence-electron chi connectivity index (χ3n) is 4.21. The van der Waals surface area contributed by atoms with Crippen LogP contribution in [0.1, 0.15) is 25.0 Å². The molecule has 0 fully saturated rings. The highest BCUT2D eigenvalue weighted by Gasteiger charge is 2.26. The lowest BCUT2D eigenvalue weighted by molar-refractivity contribution is -0.151. The summed E-state index contributed by atoms with van der Waals surface area (Å²) in [5.74, 6) is -1.50. The SMILES string of the molecule is Cc1ccccc1NC(=O)COC(=O)[C@@H](NC(=O)Cc1ccccc1)C(C)C. The van der Waals surface area contributed by atoms with Crippen LogP contribution in [0.5, 0.6) is 0 Å². The number of esters is 1. The number of hydrogen-bond acceptors (Lipinski definition) is 4. The number of aryl methyl sites for hydroxylation is 1. The standard InChI is InChI=1S/C22H26N2O4/c1-15(2)21(24-19(25)13-17-10-5-4-6-11-17)22(27)28-14-20(26)23-18-12-8-7-9-16(18)3/h4-12,15,21H,13-14H2,1-3H3,(H,23,26)(H,24,25)/t21-/m0/s1. The fraction of sp³-hybridized carbons (Fsp3) is 0.318. The summed E-state index contributed by atoms with van der Waals surface area (Å²) in [6.45, 7) is 5.08. The van der Waals surface area contributed by atoms with Crippen molar-refractivity contribution < 1.29 is 19.1 Å². The number of nitrogens with one attached hydrogen (secondary N) is 2. The molecule has 2 amide bonds. The second-order valence-corrected chi connectivity index (χ2v) is 6.92. The highest BCUT2D eigenvalue weighted by Crippen LogP contribution is 2.13. The van der Waals surface area contributed by atoms with Crippen LogP contribution in [-0.2, 0) is 25.5 Å². The summed E-state index contributed by atoms with van der Waals surface area (Å²) < 4.78 is 5.12. The predicted molar refractivity (Wildman–Crippen MR) is 108 cm³/mol. The molecule has 0 aliphatic heterocycles. The van der Waals surface area contributed by atoms with Crippen molar-refractivity contribution >= 4 is 23.5 Å². The minimum atomic E-state index is -0.817. The Morgan fingerprint density at radius 1 is 0.929 bits per heavy atom. The van der Waals surface area contributed by atoms with Crippen LogP contribution in [0, 0.1) is 12.8 Å². The highest BCUT2D eigenvalue weighted by atomic mass is 16.5. The zero-order valence-corrected chi connectivity index (χ0v) is 16.4. The third kappa shape index (κ3) is 6.54. The molecule has 0 aliphatic carbocycles. The molecule has 0 aromatic heterocycles. The van der Waals surface area contributed by atoms with E-state index >= 15 is 0 Å². The molecular formula is C22H26N2O4. The Kier molecular flexibility index (Phi) is 7.75. The van der Waals surface area contributed by atoms with E-state index in [9.17, 15) is 14.4 Å². The van der Waals surface area contributed by atoms with Crippen molar-refractivity contribution in [2.24, 2.45) is 5.92 Å². The van der Waals surface area contributed by atoms with Gasteiger partial charge in [0.25, 0.3) is 5.91 Å². The number of benzene rings is 2. The molecule has 0 aliphatic rings. The Bertz CT molecular complexity index is 818. The van der Waals surface area contributed by atoms with Gasteiger partial charge in [-0.25, -0.2) is 4.79 Å². The van der Waals surface area contributed by atoms with E-state index in [0.29, 0.717) is 5.69 Å². The molecule has 2 aromatic carbocycles. The molecule has 6 heteroatoms. The molecule has 1 atom stereocenters. The second-order valence-electron chi connectivity index (χ2n) is 6.92. The smallest absolute Gasteiger partial charge is 0.329 e. The lowest BCUT2D eigenvalue weighted by atomic mass is 10.0. The average molecular weight is 382 g/mol. The molecular weight excluding hydrogens is 356 g/mol. The topological polar surface area (TPSA) is 84.5 Å². The van der Waals surface area contributed by atoms with Gasteiger partial charge in [0.1, 0.15) is 6.04 Å². The van der Waals surface area contributed by atoms with Gasteiger partial charge in [-0.15, -0.1) is 0 Å². The first-order chi connectivity index (χ1) is 13.4. The number of carbonyl (C=O) groups is 3. The molecule has 2 rings (SSSR count). The Morgan fingerprint density at radius 2 is 1.57 bits per heavy atom. The summed E-state index contributed by atoms with van der Waals surface area (Å²) >= 11 is 0. The molecule has 0 heterocycles. The molecule has 0 bridgehead atoms. The molecule has 0 radical (unpaired) electrons. The Balaban J connectivity index is 1.87. The summed E-state index contributed by atoms with van der Waals surface area (Å²) in [4.78, 5) is 36.7. The van der Waals surface area contributed by atoms with Gasteiger partial charge in [0.2, 0.25) is 5.91 Å². The van der Waals surface area contributed by atoms with Gasteiger partial charge in [-0.05, 0) is 30.0 Å². The minimum Gasteiger partial charge on any atom is -0.454 e. The summed E-state index contributed by atoms with van der Waals surface area (Å²) in [6.07, 6.45) is 0.172. The second kappa shape index (κ2) is 10.3. The molecule has 0 unspecified atom stereocenters. The maximum Gasteiger partial charge on any atom is 0.329 e. The third-order valence-corrected chi connectivity index (χ3v) is 4.21. The van der Waals surface area contributed by atoms with Gasteiger partial charge in [-0.1, -0.05) is 62.4 Å². The van der Waals surface area contributed by atoms with E-state index in [1.807, 2.05) is 69.3 Å². The molecule has 0 saturated carbocycles. The van der Waals surface area contributed by atoms with Crippen molar-refractivity contribution in [2.45, 2.75) is 33.2 Å². The Labute approximate surface area is 165 Å². The maximum atomic E-state index is 12.4. The quantitative estimate of drug-likeness (QED) is 0.688. The molecule has 28 heavy (non-hydrogen) atoms. The predicted octanol–water partition coefficient (Wildman–Crippen LogP) is 2.86. The van der Waals surface area contributed by atoms with Crippen molar-refractivity contribution in [3.8, 4) is 0 Å². The monoisotopic (exact) mass is 382 g/mol. The summed E-state index contributed by atoms with van der Waals surface area (Å²) in [5, 5.41) is 5.41. The van der Waals surface area contributed by atoms with Crippen LogP contribution in [-0.4, -0.2) is 30.4 Å². The van der Waals surface area contributed by atoms with E-state index in [2.05, 4.69) is 10.6 Å². The normalized spacial score (nSPS) is 11.6. The zero-order chi connectivity index (χ0) is 20.5. The van der Waals surface area contributed by atoms with Gasteiger partial charge in [-0.3, -0.25) is 9.59 Å². The van der Waals surface area contributed by atoms with Gasteiger partial charge in [0.15, 0.2) is 6.61 Å². The highest BCUT2D eigenvalue weighted by molar-refractivity contribution is 5.94. The first-order valence-corrected chi connectivity index (χ1v) is 9.22. The molecule has 2 aromatic rings. The van der Waals surface area contributed by atoms with Gasteiger partial charge in [-0.2, -0.15) is 0 Å². The number of para-hydroxylation sites is 1. The first kappa shape index (κ1) is 21.2. The van der Waals surface area contributed by atoms with Gasteiger partial charge < -0.3 is 15.4 Å². The fourth-order valence-electron chi connectivity index (χ4n) is 2.63. The first-order valence-electron chi connectivity index (χ1n) is 9.22. The van der Waals surface area contributed by atoms with Crippen molar-refractivity contribution in [3.63, 3.8) is 0 Å². The Hall–Kier alpha value is -3.15. The maximum absolute atomic E-state index is 12.4. The molecule has 0 saturated heterocycles. The lowest BCUT2D eigenvalue weighted by Crippen LogP contribution is -2.46. The van der Waals surface area contributed by atoms with Crippen molar-refractivity contribution in [3.05, 3.63) is 65.7 Å². The zero-order valence-electron chi connectivity index (χ0n) is 16.4. The molecule has 0 spiro atoms. The van der Waals surface area contributed by atoms with Gasteiger partial charge >= 0.3 is 5.97 Å². The summed E-state index contributed by atoms with van der Waals surface area (Å²) in [6, 6.07) is 15.8. The largest absolute Gasteiger partial charge is 0.454 e. The summed E-state index contributed by atoms with van der Waals surface area (Å²) in [7, 11) is 0. The molecule has 6 nitrogen and oxygen atoms in total. The summed E-state index contributed by atoms with van der Waals surface area (Å²) in [5.41, 5.74) is 2.43. The van der Waals surface area contributed by atoms with E-state index in [-0.39, 0.29) is 18.2 Å². The van der Waals surface area contributed by atoms with Crippen molar-refractivity contribution in [1.29, 1.82) is 0 Å². The van der Waals surface area contributed by atoms with E-state index in [4.69, 9.17) is 4.74 Å².